The highest BCUT2D eigenvalue weighted by Gasteiger charge is 2.53. The van der Waals surface area contributed by atoms with Gasteiger partial charge >= 0.3 is 0 Å². The molecule has 2 aromatic carbocycles. The first-order valence-electron chi connectivity index (χ1n) is 11.9. The predicted molar refractivity (Wildman–Crippen MR) is 129 cm³/mol. The zero-order valence-corrected chi connectivity index (χ0v) is 20.7. The van der Waals surface area contributed by atoms with Crippen LogP contribution in [0.4, 0.5) is 5.69 Å². The first-order chi connectivity index (χ1) is 16.1. The van der Waals surface area contributed by atoms with Crippen molar-refractivity contribution in [2.24, 2.45) is 11.3 Å². The maximum absolute atomic E-state index is 13.2. The smallest absolute Gasteiger partial charge is 0.243 e. The Labute approximate surface area is 201 Å². The van der Waals surface area contributed by atoms with Crippen molar-refractivity contribution >= 4 is 21.6 Å². The van der Waals surface area contributed by atoms with Gasteiger partial charge in [-0.05, 0) is 68.9 Å². The molecule has 2 atom stereocenters. The summed E-state index contributed by atoms with van der Waals surface area (Å²) in [7, 11) is -3.59. The van der Waals surface area contributed by atoms with Gasteiger partial charge in [-0.25, -0.2) is 8.42 Å². The number of nitrogens with one attached hydrogen (secondary N) is 1. The Morgan fingerprint density at radius 2 is 1.74 bits per heavy atom. The van der Waals surface area contributed by atoms with Crippen LogP contribution in [0.25, 0.3) is 0 Å². The lowest BCUT2D eigenvalue weighted by Gasteiger charge is -2.54. The molecular formula is C26H32N2O5S. The lowest BCUT2D eigenvalue weighted by Crippen LogP contribution is -2.54. The highest BCUT2D eigenvalue weighted by molar-refractivity contribution is 7.89. The molecule has 0 bridgehead atoms. The van der Waals surface area contributed by atoms with E-state index in [2.05, 4.69) is 25.2 Å². The molecule has 5 rings (SSSR count). The summed E-state index contributed by atoms with van der Waals surface area (Å²) in [5.41, 5.74) is 1.29. The number of para-hydroxylation sites is 1. The van der Waals surface area contributed by atoms with Crippen molar-refractivity contribution in [2.45, 2.75) is 56.6 Å². The summed E-state index contributed by atoms with van der Waals surface area (Å²) in [5.74, 6) is 0.916. The van der Waals surface area contributed by atoms with Crippen molar-refractivity contribution in [3.8, 4) is 5.75 Å². The van der Waals surface area contributed by atoms with Gasteiger partial charge in [-0.1, -0.05) is 18.2 Å². The second-order valence-corrected chi connectivity index (χ2v) is 12.3. The minimum absolute atomic E-state index is 0.00876. The normalized spacial score (nSPS) is 25.6. The molecule has 0 aliphatic carbocycles. The molecule has 3 aliphatic heterocycles. The molecule has 2 aromatic rings. The Hall–Kier alpha value is -2.42. The molecular weight excluding hydrogens is 452 g/mol. The number of piperidine rings is 1. The molecule has 7 nitrogen and oxygen atoms in total. The van der Waals surface area contributed by atoms with Crippen LogP contribution in [0.1, 0.15) is 51.7 Å². The zero-order valence-electron chi connectivity index (χ0n) is 19.9. The van der Waals surface area contributed by atoms with E-state index in [1.807, 2.05) is 18.2 Å². The molecule has 3 heterocycles. The fourth-order valence-electron chi connectivity index (χ4n) is 5.71. The number of sulfonamides is 1. The Bertz CT molecular complexity index is 1180. The Kier molecular flexibility index (Phi) is 5.73. The Morgan fingerprint density at radius 1 is 1.06 bits per heavy atom. The number of hydrogen-bond acceptors (Lipinski definition) is 5. The standard InChI is InChI=1S/C26H32N2O5S/c1-18(29)27-19-8-10-20(11-9-19)34(30,31)28-14-12-26(13-15-28)16-22-24(32-17-26)21-6-4-5-7-23(21)33-25(22,2)3/h4-11,22,24H,12-17H2,1-3H3,(H,27,29)/t22-,24+/m0/s1. The number of amides is 1. The van der Waals surface area contributed by atoms with Crippen LogP contribution in [0.5, 0.6) is 5.75 Å². The topological polar surface area (TPSA) is 84.9 Å². The van der Waals surface area contributed by atoms with Crippen LogP contribution in [0.3, 0.4) is 0 Å². The zero-order chi connectivity index (χ0) is 24.1. The number of ether oxygens (including phenoxy) is 2. The van der Waals surface area contributed by atoms with Crippen LogP contribution < -0.4 is 10.1 Å². The molecule has 1 N–H and O–H groups in total. The number of nitrogens with zero attached hydrogens (tertiary/aromatic N) is 1. The molecule has 3 aliphatic rings. The van der Waals surface area contributed by atoms with Gasteiger partial charge in [-0.15, -0.1) is 0 Å². The molecule has 0 saturated carbocycles. The number of rotatable bonds is 3. The molecule has 1 amide bonds. The maximum atomic E-state index is 13.2. The second-order valence-electron chi connectivity index (χ2n) is 10.4. The summed E-state index contributed by atoms with van der Waals surface area (Å²) in [6, 6.07) is 14.5. The molecule has 2 fully saturated rings. The van der Waals surface area contributed by atoms with E-state index in [0.29, 0.717) is 25.4 Å². The van der Waals surface area contributed by atoms with E-state index >= 15 is 0 Å². The van der Waals surface area contributed by atoms with Crippen molar-refractivity contribution in [2.75, 3.05) is 25.0 Å². The predicted octanol–water partition coefficient (Wildman–Crippen LogP) is 4.36. The summed E-state index contributed by atoms with van der Waals surface area (Å²) >= 11 is 0. The minimum atomic E-state index is -3.59. The van der Waals surface area contributed by atoms with E-state index in [1.165, 1.54) is 6.92 Å². The van der Waals surface area contributed by atoms with E-state index in [9.17, 15) is 13.2 Å². The van der Waals surface area contributed by atoms with Gasteiger partial charge < -0.3 is 14.8 Å². The number of anilines is 1. The number of fused-ring (bicyclic) bond motifs is 3. The number of hydrogen-bond donors (Lipinski definition) is 1. The first kappa shape index (κ1) is 23.3. The summed E-state index contributed by atoms with van der Waals surface area (Å²) < 4.78 is 41.0. The van der Waals surface area contributed by atoms with Gasteiger partial charge in [0.25, 0.3) is 0 Å². The number of carbonyl (C=O) groups excluding carboxylic acids is 1. The van der Waals surface area contributed by atoms with E-state index in [4.69, 9.17) is 9.47 Å². The Morgan fingerprint density at radius 3 is 2.41 bits per heavy atom. The fourth-order valence-corrected chi connectivity index (χ4v) is 7.15. The maximum Gasteiger partial charge on any atom is 0.243 e. The number of benzene rings is 2. The van der Waals surface area contributed by atoms with Crippen LogP contribution >= 0.6 is 0 Å². The van der Waals surface area contributed by atoms with Crippen LogP contribution in [0, 0.1) is 11.3 Å². The van der Waals surface area contributed by atoms with Crippen molar-refractivity contribution in [1.82, 2.24) is 4.31 Å². The van der Waals surface area contributed by atoms with Crippen LogP contribution in [-0.4, -0.2) is 43.9 Å². The van der Waals surface area contributed by atoms with Gasteiger partial charge in [0.05, 0.1) is 17.6 Å². The quantitative estimate of drug-likeness (QED) is 0.700. The van der Waals surface area contributed by atoms with E-state index in [-0.39, 0.29) is 33.8 Å². The molecule has 1 spiro atoms. The fraction of sp³-hybridized carbons (Fsp3) is 0.500. The third-order valence-corrected chi connectivity index (χ3v) is 9.59. The molecule has 2 saturated heterocycles. The van der Waals surface area contributed by atoms with Crippen molar-refractivity contribution < 1.29 is 22.7 Å². The van der Waals surface area contributed by atoms with Crippen LogP contribution in [-0.2, 0) is 19.6 Å². The number of carbonyl (C=O) groups is 1. The van der Waals surface area contributed by atoms with Crippen molar-refractivity contribution in [1.29, 1.82) is 0 Å². The van der Waals surface area contributed by atoms with Gasteiger partial charge in [0.1, 0.15) is 11.4 Å². The first-order valence-corrected chi connectivity index (χ1v) is 13.3. The van der Waals surface area contributed by atoms with Gasteiger partial charge in [0.2, 0.25) is 15.9 Å². The minimum Gasteiger partial charge on any atom is -0.487 e. The van der Waals surface area contributed by atoms with Gasteiger partial charge in [0, 0.05) is 37.2 Å². The highest BCUT2D eigenvalue weighted by atomic mass is 32.2. The van der Waals surface area contributed by atoms with Crippen LogP contribution in [0.15, 0.2) is 53.4 Å². The third-order valence-electron chi connectivity index (χ3n) is 7.67. The Balaban J connectivity index is 1.29. The highest BCUT2D eigenvalue weighted by Crippen LogP contribution is 2.55. The monoisotopic (exact) mass is 484 g/mol. The van der Waals surface area contributed by atoms with Crippen molar-refractivity contribution in [3.05, 3.63) is 54.1 Å². The van der Waals surface area contributed by atoms with Crippen LogP contribution in [0.2, 0.25) is 0 Å². The van der Waals surface area contributed by atoms with E-state index in [0.717, 1.165) is 30.6 Å². The SMILES string of the molecule is CC(=O)Nc1ccc(S(=O)(=O)N2CCC3(CC2)CO[C@@H]2c4ccccc4OC(C)(C)[C@H]2C3)cc1. The lowest BCUT2D eigenvalue weighted by atomic mass is 9.64. The van der Waals surface area contributed by atoms with Crippen molar-refractivity contribution in [3.63, 3.8) is 0 Å². The van der Waals surface area contributed by atoms with Gasteiger partial charge in [-0.2, -0.15) is 4.31 Å². The largest absolute Gasteiger partial charge is 0.487 e. The molecule has 34 heavy (non-hydrogen) atoms. The van der Waals surface area contributed by atoms with E-state index < -0.39 is 10.0 Å². The molecule has 0 radical (unpaired) electrons. The molecule has 0 unspecified atom stereocenters. The van der Waals surface area contributed by atoms with Gasteiger partial charge in [-0.3, -0.25) is 4.79 Å². The third kappa shape index (κ3) is 4.12. The lowest BCUT2D eigenvalue weighted by molar-refractivity contribution is -0.172. The molecule has 0 aromatic heterocycles. The average Bonchev–Trinajstić information content (AvgIpc) is 2.79. The van der Waals surface area contributed by atoms with E-state index in [1.54, 1.807) is 28.6 Å². The second kappa shape index (κ2) is 8.36. The summed E-state index contributed by atoms with van der Waals surface area (Å²) in [4.78, 5) is 11.5. The molecule has 182 valence electrons. The molecule has 8 heteroatoms. The summed E-state index contributed by atoms with van der Waals surface area (Å²) in [6.07, 6.45) is 2.49. The average molecular weight is 485 g/mol. The van der Waals surface area contributed by atoms with Gasteiger partial charge in [0.15, 0.2) is 0 Å². The summed E-state index contributed by atoms with van der Waals surface area (Å²) in [5, 5.41) is 2.67. The summed E-state index contributed by atoms with van der Waals surface area (Å²) in [6.45, 7) is 7.26.